The number of rotatable bonds is 7. The number of primary amides is 1. The van der Waals surface area contributed by atoms with Crippen LogP contribution in [0.2, 0.25) is 0 Å². The highest BCUT2D eigenvalue weighted by molar-refractivity contribution is 6.17. The maximum Gasteiger partial charge on any atom is 0.243 e. The van der Waals surface area contributed by atoms with Gasteiger partial charge in [-0.05, 0) is 18.6 Å². The molecule has 20 heavy (non-hydrogen) atoms. The van der Waals surface area contributed by atoms with Crippen molar-refractivity contribution in [2.75, 3.05) is 19.1 Å². The van der Waals surface area contributed by atoms with Crippen LogP contribution < -0.4 is 5.73 Å². The van der Waals surface area contributed by atoms with Crippen LogP contribution >= 0.6 is 11.6 Å². The molecule has 1 aromatic heterocycles. The second kappa shape index (κ2) is 6.72. The van der Waals surface area contributed by atoms with Crippen molar-refractivity contribution >= 4 is 28.5 Å². The number of para-hydroxylation sites is 1. The van der Waals surface area contributed by atoms with Gasteiger partial charge < -0.3 is 15.0 Å². The number of hydrogen-bond acceptors (Lipinski definition) is 3. The number of aromatic nitrogens is 2. The van der Waals surface area contributed by atoms with Crippen molar-refractivity contribution in [1.29, 1.82) is 0 Å². The second-order valence-corrected chi connectivity index (χ2v) is 4.96. The smallest absolute Gasteiger partial charge is 0.243 e. The van der Waals surface area contributed by atoms with Gasteiger partial charge in [0, 0.05) is 18.8 Å². The number of halogens is 1. The number of imidazole rings is 1. The van der Waals surface area contributed by atoms with E-state index in [2.05, 4.69) is 9.55 Å². The van der Waals surface area contributed by atoms with Crippen LogP contribution in [0.1, 0.15) is 11.4 Å². The Morgan fingerprint density at radius 1 is 1.50 bits per heavy atom. The van der Waals surface area contributed by atoms with Gasteiger partial charge in [-0.2, -0.15) is 0 Å². The van der Waals surface area contributed by atoms with E-state index in [-0.39, 0.29) is 6.61 Å². The zero-order valence-electron chi connectivity index (χ0n) is 11.4. The van der Waals surface area contributed by atoms with E-state index in [1.54, 1.807) is 0 Å². The SMILES string of the molecule is Cc1cccc2c1nc(CCCl)n2CCOCC(N)=O. The molecule has 0 aliphatic carbocycles. The maximum absolute atomic E-state index is 10.6. The number of amides is 1. The molecule has 108 valence electrons. The van der Waals surface area contributed by atoms with Gasteiger partial charge in [0.05, 0.1) is 17.6 Å². The number of fused-ring (bicyclic) bond motifs is 1. The lowest BCUT2D eigenvalue weighted by Gasteiger charge is -2.08. The molecule has 1 aromatic carbocycles. The number of ether oxygens (including phenoxy) is 1. The summed E-state index contributed by atoms with van der Waals surface area (Å²) in [5, 5.41) is 0. The molecule has 0 radical (unpaired) electrons. The van der Waals surface area contributed by atoms with Gasteiger partial charge in [-0.15, -0.1) is 11.6 Å². The van der Waals surface area contributed by atoms with Crippen molar-refractivity contribution < 1.29 is 9.53 Å². The topological polar surface area (TPSA) is 70.1 Å². The Bertz CT molecular complexity index is 610. The van der Waals surface area contributed by atoms with E-state index >= 15 is 0 Å². The van der Waals surface area contributed by atoms with Crippen molar-refractivity contribution in [2.45, 2.75) is 19.9 Å². The third-order valence-corrected chi connectivity index (χ3v) is 3.27. The zero-order chi connectivity index (χ0) is 14.5. The van der Waals surface area contributed by atoms with Crippen LogP contribution in [-0.4, -0.2) is 34.6 Å². The Balaban J connectivity index is 2.22. The molecule has 0 saturated carbocycles. The summed E-state index contributed by atoms with van der Waals surface area (Å²) in [5.41, 5.74) is 8.22. The van der Waals surface area contributed by atoms with Gasteiger partial charge in [0.1, 0.15) is 12.4 Å². The molecule has 0 aliphatic heterocycles. The molecule has 1 heterocycles. The van der Waals surface area contributed by atoms with Crippen molar-refractivity contribution in [3.8, 4) is 0 Å². The minimum Gasteiger partial charge on any atom is -0.370 e. The van der Waals surface area contributed by atoms with Crippen molar-refractivity contribution in [2.24, 2.45) is 5.73 Å². The molecule has 2 N–H and O–H groups in total. The summed E-state index contributed by atoms with van der Waals surface area (Å²) in [6.07, 6.45) is 0.700. The summed E-state index contributed by atoms with van der Waals surface area (Å²) in [7, 11) is 0. The summed E-state index contributed by atoms with van der Waals surface area (Å²) in [6.45, 7) is 3.02. The van der Waals surface area contributed by atoms with Gasteiger partial charge >= 0.3 is 0 Å². The first-order valence-corrected chi connectivity index (χ1v) is 7.03. The van der Waals surface area contributed by atoms with E-state index in [9.17, 15) is 4.79 Å². The van der Waals surface area contributed by atoms with Gasteiger partial charge in [0.25, 0.3) is 0 Å². The summed E-state index contributed by atoms with van der Waals surface area (Å²) >= 11 is 5.83. The first-order valence-electron chi connectivity index (χ1n) is 6.50. The highest BCUT2D eigenvalue weighted by Crippen LogP contribution is 2.20. The van der Waals surface area contributed by atoms with Crippen LogP contribution in [-0.2, 0) is 22.5 Å². The minimum atomic E-state index is -0.461. The Hall–Kier alpha value is -1.59. The fraction of sp³-hybridized carbons (Fsp3) is 0.429. The molecule has 0 saturated heterocycles. The number of nitrogens with zero attached hydrogens (tertiary/aromatic N) is 2. The Morgan fingerprint density at radius 3 is 3.00 bits per heavy atom. The third-order valence-electron chi connectivity index (χ3n) is 3.08. The first kappa shape index (κ1) is 14.8. The number of alkyl halides is 1. The van der Waals surface area contributed by atoms with Gasteiger partial charge in [-0.3, -0.25) is 4.79 Å². The lowest BCUT2D eigenvalue weighted by molar-refractivity contribution is -0.122. The van der Waals surface area contributed by atoms with Crippen LogP contribution in [0.15, 0.2) is 18.2 Å². The Labute approximate surface area is 122 Å². The predicted octanol–water partition coefficient (Wildman–Crippen LogP) is 1.63. The van der Waals surface area contributed by atoms with E-state index in [1.807, 2.05) is 25.1 Å². The van der Waals surface area contributed by atoms with E-state index in [0.29, 0.717) is 25.5 Å². The molecule has 0 unspecified atom stereocenters. The quantitative estimate of drug-likeness (QED) is 0.623. The molecule has 5 nitrogen and oxygen atoms in total. The largest absolute Gasteiger partial charge is 0.370 e. The van der Waals surface area contributed by atoms with Gasteiger partial charge in [-0.25, -0.2) is 4.98 Å². The normalized spacial score (nSPS) is 11.1. The molecule has 0 fully saturated rings. The molecule has 0 atom stereocenters. The number of hydrogen-bond donors (Lipinski definition) is 1. The third kappa shape index (κ3) is 3.29. The molecular formula is C14H18ClN3O2. The fourth-order valence-electron chi connectivity index (χ4n) is 2.19. The van der Waals surface area contributed by atoms with Crippen LogP contribution in [0, 0.1) is 6.92 Å². The van der Waals surface area contributed by atoms with E-state index in [4.69, 9.17) is 22.1 Å². The van der Waals surface area contributed by atoms with Crippen LogP contribution in [0.5, 0.6) is 0 Å². The highest BCUT2D eigenvalue weighted by Gasteiger charge is 2.11. The molecular weight excluding hydrogens is 278 g/mol. The Kier molecular flexibility index (Phi) is 4.98. The fourth-order valence-corrected chi connectivity index (χ4v) is 2.36. The number of nitrogens with two attached hydrogens (primary N) is 1. The van der Waals surface area contributed by atoms with Gasteiger partial charge in [-0.1, -0.05) is 12.1 Å². The summed E-state index contributed by atoms with van der Waals surface area (Å²) in [5.74, 6) is 0.995. The summed E-state index contributed by atoms with van der Waals surface area (Å²) in [4.78, 5) is 15.3. The predicted molar refractivity (Wildman–Crippen MR) is 78.9 cm³/mol. The average Bonchev–Trinajstić information content (AvgIpc) is 2.75. The molecule has 1 amide bonds. The van der Waals surface area contributed by atoms with Crippen molar-refractivity contribution in [1.82, 2.24) is 9.55 Å². The van der Waals surface area contributed by atoms with E-state index < -0.39 is 5.91 Å². The molecule has 0 aliphatic rings. The molecule has 0 spiro atoms. The standard InChI is InChI=1S/C14H18ClN3O2/c1-10-3-2-4-11-14(10)17-13(5-6-15)18(11)7-8-20-9-12(16)19/h2-4H,5-9H2,1H3,(H2,16,19). The summed E-state index contributed by atoms with van der Waals surface area (Å²) in [6, 6.07) is 6.07. The van der Waals surface area contributed by atoms with Crippen LogP contribution in [0.4, 0.5) is 0 Å². The number of benzene rings is 1. The van der Waals surface area contributed by atoms with Crippen LogP contribution in [0.3, 0.4) is 0 Å². The minimum absolute atomic E-state index is 0.0590. The Morgan fingerprint density at radius 2 is 2.30 bits per heavy atom. The first-order chi connectivity index (χ1) is 9.63. The van der Waals surface area contributed by atoms with Gasteiger partial charge in [0.2, 0.25) is 5.91 Å². The molecule has 2 aromatic rings. The number of carbonyl (C=O) groups is 1. The molecule has 2 rings (SSSR count). The van der Waals surface area contributed by atoms with E-state index in [1.165, 1.54) is 0 Å². The van der Waals surface area contributed by atoms with E-state index in [0.717, 1.165) is 22.4 Å². The zero-order valence-corrected chi connectivity index (χ0v) is 12.2. The van der Waals surface area contributed by atoms with Crippen LogP contribution in [0.25, 0.3) is 11.0 Å². The monoisotopic (exact) mass is 295 g/mol. The van der Waals surface area contributed by atoms with Gasteiger partial charge in [0.15, 0.2) is 0 Å². The lowest BCUT2D eigenvalue weighted by Crippen LogP contribution is -2.20. The average molecular weight is 296 g/mol. The maximum atomic E-state index is 10.6. The lowest BCUT2D eigenvalue weighted by atomic mass is 10.2. The second-order valence-electron chi connectivity index (χ2n) is 4.58. The molecule has 6 heteroatoms. The van der Waals surface area contributed by atoms with Crippen molar-refractivity contribution in [3.63, 3.8) is 0 Å². The number of carbonyl (C=O) groups excluding carboxylic acids is 1. The van der Waals surface area contributed by atoms with Crippen molar-refractivity contribution in [3.05, 3.63) is 29.6 Å². The summed E-state index contributed by atoms with van der Waals surface area (Å²) < 4.78 is 7.31. The highest BCUT2D eigenvalue weighted by atomic mass is 35.5. The molecule has 0 bridgehead atoms. The number of aryl methyl sites for hydroxylation is 2.